The Hall–Kier alpha value is -3.99. The Bertz CT molecular complexity index is 1320. The van der Waals surface area contributed by atoms with Crippen LogP contribution in [0.2, 0.25) is 0 Å². The van der Waals surface area contributed by atoms with Gasteiger partial charge in [-0.15, -0.1) is 0 Å². The van der Waals surface area contributed by atoms with Gasteiger partial charge in [0.2, 0.25) is 0 Å². The molecule has 0 spiro atoms. The van der Waals surface area contributed by atoms with Crippen molar-refractivity contribution >= 4 is 23.3 Å². The first-order valence-electron chi connectivity index (χ1n) is 11.0. The van der Waals surface area contributed by atoms with Crippen LogP contribution in [0.15, 0.2) is 42.7 Å². The predicted molar refractivity (Wildman–Crippen MR) is 125 cm³/mol. The summed E-state index contributed by atoms with van der Waals surface area (Å²) in [7, 11) is 0. The minimum atomic E-state index is -1.62. The van der Waals surface area contributed by atoms with Crippen molar-refractivity contribution in [2.24, 2.45) is 11.7 Å². The number of pyridine rings is 1. The van der Waals surface area contributed by atoms with Crippen LogP contribution in [-0.2, 0) is 0 Å². The van der Waals surface area contributed by atoms with Crippen LogP contribution in [0, 0.1) is 29.2 Å². The fraction of sp³-hybridized carbons (Fsp3) is 0.240. The van der Waals surface area contributed by atoms with Crippen molar-refractivity contribution in [2.45, 2.75) is 19.4 Å². The first-order chi connectivity index (χ1) is 17.1. The SMILES string of the molecule is C[C@@H]1C[C@H](N)CN(c2ccncc2NC(=O)c2ccc(F)c(-c3c(F)cc(C(=O)O)cc3F)c2F)C1. The topological polar surface area (TPSA) is 109 Å². The second kappa shape index (κ2) is 9.94. The van der Waals surface area contributed by atoms with E-state index in [0.717, 1.165) is 12.5 Å². The summed E-state index contributed by atoms with van der Waals surface area (Å²) in [6.45, 7) is 3.24. The summed E-state index contributed by atoms with van der Waals surface area (Å²) in [5.41, 5.74) is 3.31. The predicted octanol–water partition coefficient (Wildman–Crippen LogP) is 4.43. The molecule has 11 heteroatoms. The highest BCUT2D eigenvalue weighted by molar-refractivity contribution is 6.06. The molecule has 2 atom stereocenters. The van der Waals surface area contributed by atoms with Crippen molar-refractivity contribution in [1.29, 1.82) is 0 Å². The second-order valence-electron chi connectivity index (χ2n) is 8.76. The van der Waals surface area contributed by atoms with Crippen LogP contribution in [0.5, 0.6) is 0 Å². The summed E-state index contributed by atoms with van der Waals surface area (Å²) in [5, 5.41) is 11.5. The van der Waals surface area contributed by atoms with Gasteiger partial charge in [0.05, 0.1) is 39.8 Å². The van der Waals surface area contributed by atoms with Crippen molar-refractivity contribution < 1.29 is 32.3 Å². The van der Waals surface area contributed by atoms with Crippen molar-refractivity contribution in [2.75, 3.05) is 23.3 Å². The number of carboxylic acids is 1. The van der Waals surface area contributed by atoms with Gasteiger partial charge in [-0.3, -0.25) is 9.78 Å². The first-order valence-corrected chi connectivity index (χ1v) is 11.0. The van der Waals surface area contributed by atoms with Crippen LogP contribution in [0.25, 0.3) is 11.1 Å². The smallest absolute Gasteiger partial charge is 0.335 e. The number of nitrogens with two attached hydrogens (primary N) is 1. The number of hydrogen-bond donors (Lipinski definition) is 3. The number of nitrogens with zero attached hydrogens (tertiary/aromatic N) is 2. The Labute approximate surface area is 203 Å². The van der Waals surface area contributed by atoms with Crippen molar-refractivity contribution in [3.63, 3.8) is 0 Å². The van der Waals surface area contributed by atoms with Gasteiger partial charge in [0.1, 0.15) is 23.3 Å². The Kier molecular flexibility index (Phi) is 6.93. The number of carbonyl (C=O) groups excluding carboxylic acids is 1. The van der Waals surface area contributed by atoms with E-state index in [0.29, 0.717) is 42.9 Å². The zero-order valence-electron chi connectivity index (χ0n) is 19.1. The molecule has 4 rings (SSSR count). The van der Waals surface area contributed by atoms with Gasteiger partial charge in [0.15, 0.2) is 0 Å². The summed E-state index contributed by atoms with van der Waals surface area (Å²) in [5.74, 6) is -8.15. The zero-order chi connectivity index (χ0) is 26.1. The van der Waals surface area contributed by atoms with Gasteiger partial charge in [-0.05, 0) is 42.7 Å². The van der Waals surface area contributed by atoms with Crippen molar-refractivity contribution in [3.05, 3.63) is 77.1 Å². The molecule has 4 N–H and O–H groups in total. The third kappa shape index (κ3) is 4.87. The van der Waals surface area contributed by atoms with Gasteiger partial charge < -0.3 is 21.1 Å². The number of rotatable bonds is 5. The Morgan fingerprint density at radius 3 is 2.39 bits per heavy atom. The minimum Gasteiger partial charge on any atom is -0.478 e. The molecule has 0 aliphatic carbocycles. The molecule has 0 bridgehead atoms. The summed E-state index contributed by atoms with van der Waals surface area (Å²) >= 11 is 0. The molecule has 1 fully saturated rings. The van der Waals surface area contributed by atoms with Crippen LogP contribution < -0.4 is 16.0 Å². The summed E-state index contributed by atoms with van der Waals surface area (Å²) < 4.78 is 59.0. The third-order valence-corrected chi connectivity index (χ3v) is 5.95. The van der Waals surface area contributed by atoms with Gasteiger partial charge in [0.25, 0.3) is 5.91 Å². The number of halogens is 4. The molecule has 0 radical (unpaired) electrons. The maximum Gasteiger partial charge on any atom is 0.335 e. The molecular weight excluding hydrogens is 480 g/mol. The molecule has 3 aromatic rings. The van der Waals surface area contributed by atoms with Crippen LogP contribution in [0.4, 0.5) is 28.9 Å². The van der Waals surface area contributed by atoms with Gasteiger partial charge in [-0.1, -0.05) is 6.92 Å². The summed E-state index contributed by atoms with van der Waals surface area (Å²) in [6.07, 6.45) is 3.73. The molecule has 0 saturated carbocycles. The molecule has 2 heterocycles. The largest absolute Gasteiger partial charge is 0.478 e. The highest BCUT2D eigenvalue weighted by Gasteiger charge is 2.28. The molecule has 1 aromatic heterocycles. The van der Waals surface area contributed by atoms with Gasteiger partial charge in [0, 0.05) is 25.3 Å². The van der Waals surface area contributed by atoms with E-state index in [1.54, 1.807) is 6.07 Å². The molecule has 1 aliphatic heterocycles. The second-order valence-corrected chi connectivity index (χ2v) is 8.76. The summed E-state index contributed by atoms with van der Waals surface area (Å²) in [6, 6.07) is 4.02. The van der Waals surface area contributed by atoms with Gasteiger partial charge in [-0.2, -0.15) is 0 Å². The van der Waals surface area contributed by atoms with E-state index < -0.39 is 57.4 Å². The normalized spacial score (nSPS) is 17.7. The summed E-state index contributed by atoms with van der Waals surface area (Å²) in [4.78, 5) is 30.0. The van der Waals surface area contributed by atoms with Gasteiger partial charge >= 0.3 is 5.97 Å². The van der Waals surface area contributed by atoms with E-state index in [-0.39, 0.29) is 11.7 Å². The van der Waals surface area contributed by atoms with Gasteiger partial charge in [-0.25, -0.2) is 22.4 Å². The molecule has 7 nitrogen and oxygen atoms in total. The number of benzene rings is 2. The van der Waals surface area contributed by atoms with Crippen molar-refractivity contribution in [1.82, 2.24) is 4.98 Å². The highest BCUT2D eigenvalue weighted by Crippen LogP contribution is 2.34. The molecule has 1 saturated heterocycles. The van der Waals surface area contributed by atoms with Crippen LogP contribution in [0.3, 0.4) is 0 Å². The average Bonchev–Trinajstić information content (AvgIpc) is 2.80. The fourth-order valence-electron chi connectivity index (χ4n) is 4.44. The van der Waals surface area contributed by atoms with E-state index >= 15 is 4.39 Å². The number of carbonyl (C=O) groups is 2. The molecule has 36 heavy (non-hydrogen) atoms. The first kappa shape index (κ1) is 25.1. The molecule has 2 aromatic carbocycles. The van der Waals surface area contributed by atoms with E-state index in [2.05, 4.69) is 10.3 Å². The number of aromatic carboxylic acids is 1. The Balaban J connectivity index is 1.70. The maximum absolute atomic E-state index is 15.4. The lowest BCUT2D eigenvalue weighted by Gasteiger charge is -2.37. The number of anilines is 2. The highest BCUT2D eigenvalue weighted by atomic mass is 19.1. The van der Waals surface area contributed by atoms with Crippen LogP contribution >= 0.6 is 0 Å². The Morgan fingerprint density at radius 1 is 1.06 bits per heavy atom. The number of hydrogen-bond acceptors (Lipinski definition) is 5. The number of aromatic nitrogens is 1. The van der Waals surface area contributed by atoms with E-state index in [1.807, 2.05) is 11.8 Å². The molecule has 0 unspecified atom stereocenters. The number of amides is 1. The van der Waals surface area contributed by atoms with E-state index in [1.165, 1.54) is 12.4 Å². The molecular formula is C25H22F4N4O3. The minimum absolute atomic E-state index is 0.0834. The van der Waals surface area contributed by atoms with Crippen LogP contribution in [0.1, 0.15) is 34.1 Å². The molecule has 1 aliphatic rings. The van der Waals surface area contributed by atoms with E-state index in [9.17, 15) is 22.8 Å². The number of nitrogens with one attached hydrogen (secondary N) is 1. The number of piperidine rings is 1. The average molecular weight is 502 g/mol. The monoisotopic (exact) mass is 502 g/mol. The lowest BCUT2D eigenvalue weighted by Crippen LogP contribution is -2.46. The van der Waals surface area contributed by atoms with Crippen LogP contribution in [-0.4, -0.2) is 41.1 Å². The quantitative estimate of drug-likeness (QED) is 0.446. The standard InChI is InChI=1S/C25H22F4N4O3/c1-12-6-14(30)11-33(10-12)20-4-5-31-9-19(20)32-24(34)15-2-3-16(26)22(23(15)29)21-17(27)7-13(25(35)36)8-18(21)28/h2-5,7-9,12,14H,6,10-11,30H2,1H3,(H,32,34)(H,35,36)/t12-,14+/m1/s1. The zero-order valence-corrected chi connectivity index (χ0v) is 19.1. The van der Waals surface area contributed by atoms with E-state index in [4.69, 9.17) is 10.8 Å². The molecule has 1 amide bonds. The lowest BCUT2D eigenvalue weighted by atomic mass is 9.96. The van der Waals surface area contributed by atoms with Crippen molar-refractivity contribution in [3.8, 4) is 11.1 Å². The maximum atomic E-state index is 15.4. The Morgan fingerprint density at radius 2 is 1.75 bits per heavy atom. The fourth-order valence-corrected chi connectivity index (χ4v) is 4.44. The lowest BCUT2D eigenvalue weighted by molar-refractivity contribution is 0.0695. The number of carboxylic acid groups (broad SMARTS) is 1. The molecule has 188 valence electrons. The third-order valence-electron chi connectivity index (χ3n) is 5.95.